The van der Waals surface area contributed by atoms with Gasteiger partial charge in [0, 0.05) is 0 Å². The Hall–Kier alpha value is -2.44. The van der Waals surface area contributed by atoms with E-state index in [1.165, 1.54) is 25.1 Å². The number of halogens is 1. The van der Waals surface area contributed by atoms with E-state index >= 15 is 0 Å². The van der Waals surface area contributed by atoms with Gasteiger partial charge in [-0.15, -0.1) is 0 Å². The van der Waals surface area contributed by atoms with Gasteiger partial charge >= 0.3 is 5.97 Å². The first-order valence-corrected chi connectivity index (χ1v) is 6.82. The first kappa shape index (κ1) is 17.6. The molecule has 0 saturated carbocycles. The Morgan fingerprint density at radius 2 is 1.68 bits per heavy atom. The van der Waals surface area contributed by atoms with Gasteiger partial charge in [0.05, 0.1) is 5.56 Å². The Labute approximate surface area is 127 Å². The maximum absolute atomic E-state index is 13.6. The minimum atomic E-state index is -1.18. The van der Waals surface area contributed by atoms with Gasteiger partial charge in [0.25, 0.3) is 5.91 Å². The van der Waals surface area contributed by atoms with Crippen LogP contribution in [0.4, 0.5) is 4.39 Å². The van der Waals surface area contributed by atoms with E-state index in [1.54, 1.807) is 13.8 Å². The Morgan fingerprint density at radius 3 is 2.18 bits per heavy atom. The number of hydrogen-bond acceptors (Lipinski definition) is 3. The quantitative estimate of drug-likeness (QED) is 0.735. The number of hydrogen-bond donors (Lipinski definition) is 3. The number of benzene rings is 1. The predicted molar refractivity (Wildman–Crippen MR) is 77.7 cm³/mol. The van der Waals surface area contributed by atoms with Gasteiger partial charge in [-0.3, -0.25) is 14.4 Å². The third-order valence-corrected chi connectivity index (χ3v) is 3.08. The summed E-state index contributed by atoms with van der Waals surface area (Å²) in [5.74, 6) is -3.53. The molecule has 22 heavy (non-hydrogen) atoms. The molecule has 0 radical (unpaired) electrons. The Kier molecular flexibility index (Phi) is 6.03. The molecular formula is C15H19FN2O4. The largest absolute Gasteiger partial charge is 0.480 e. The maximum atomic E-state index is 13.6. The first-order valence-electron chi connectivity index (χ1n) is 6.82. The van der Waals surface area contributed by atoms with E-state index in [1.807, 2.05) is 0 Å². The minimum absolute atomic E-state index is 0.174. The molecule has 1 aromatic rings. The molecule has 0 aromatic heterocycles. The SMILES string of the molecule is CC(NC(=O)C(NC(=O)c1ccccc1F)C(C)C)C(=O)O. The number of nitrogens with one attached hydrogen (secondary N) is 2. The average molecular weight is 310 g/mol. The number of carbonyl (C=O) groups excluding carboxylic acids is 2. The molecule has 0 heterocycles. The van der Waals surface area contributed by atoms with Crippen molar-refractivity contribution in [2.75, 3.05) is 0 Å². The lowest BCUT2D eigenvalue weighted by Gasteiger charge is -2.23. The van der Waals surface area contributed by atoms with Crippen LogP contribution in [0.2, 0.25) is 0 Å². The number of rotatable bonds is 6. The van der Waals surface area contributed by atoms with E-state index in [2.05, 4.69) is 10.6 Å². The molecule has 2 atom stereocenters. The minimum Gasteiger partial charge on any atom is -0.480 e. The molecule has 0 aliphatic rings. The lowest BCUT2D eigenvalue weighted by atomic mass is 10.0. The summed E-state index contributed by atoms with van der Waals surface area (Å²) < 4.78 is 13.6. The second kappa shape index (κ2) is 7.53. The van der Waals surface area contributed by atoms with Crippen LogP contribution in [-0.4, -0.2) is 35.0 Å². The van der Waals surface area contributed by atoms with Gasteiger partial charge < -0.3 is 15.7 Å². The van der Waals surface area contributed by atoms with Gasteiger partial charge in [-0.25, -0.2) is 4.39 Å². The summed E-state index contributed by atoms with van der Waals surface area (Å²) in [4.78, 5) is 34.9. The molecule has 7 heteroatoms. The van der Waals surface area contributed by atoms with Gasteiger partial charge in [0.1, 0.15) is 17.9 Å². The van der Waals surface area contributed by atoms with Gasteiger partial charge in [0.15, 0.2) is 0 Å². The van der Waals surface area contributed by atoms with Crippen molar-refractivity contribution in [3.63, 3.8) is 0 Å². The zero-order valence-electron chi connectivity index (χ0n) is 12.6. The van der Waals surface area contributed by atoms with Crippen LogP contribution >= 0.6 is 0 Å². The fraction of sp³-hybridized carbons (Fsp3) is 0.400. The Morgan fingerprint density at radius 1 is 1.09 bits per heavy atom. The molecule has 6 nitrogen and oxygen atoms in total. The van der Waals surface area contributed by atoms with Crippen LogP contribution in [-0.2, 0) is 9.59 Å². The van der Waals surface area contributed by atoms with Crippen molar-refractivity contribution in [1.82, 2.24) is 10.6 Å². The first-order chi connectivity index (χ1) is 10.2. The van der Waals surface area contributed by atoms with Crippen molar-refractivity contribution < 1.29 is 23.9 Å². The molecular weight excluding hydrogens is 291 g/mol. The zero-order chi connectivity index (χ0) is 16.9. The summed E-state index contributed by atoms with van der Waals surface area (Å²) in [6.45, 7) is 4.70. The molecule has 0 aliphatic carbocycles. The molecule has 0 saturated heterocycles. The highest BCUT2D eigenvalue weighted by molar-refractivity contribution is 5.98. The van der Waals surface area contributed by atoms with Gasteiger partial charge in [-0.05, 0) is 25.0 Å². The monoisotopic (exact) mass is 310 g/mol. The van der Waals surface area contributed by atoms with Crippen molar-refractivity contribution in [3.8, 4) is 0 Å². The highest BCUT2D eigenvalue weighted by Gasteiger charge is 2.27. The lowest BCUT2D eigenvalue weighted by molar-refractivity contribution is -0.141. The van der Waals surface area contributed by atoms with Crippen molar-refractivity contribution in [3.05, 3.63) is 35.6 Å². The summed E-state index contributed by atoms with van der Waals surface area (Å²) in [6, 6.07) is 3.36. The number of aliphatic carboxylic acids is 1. The average Bonchev–Trinajstić information content (AvgIpc) is 2.44. The lowest BCUT2D eigenvalue weighted by Crippen LogP contribution is -2.53. The molecule has 0 aliphatic heterocycles. The topological polar surface area (TPSA) is 95.5 Å². The van der Waals surface area contributed by atoms with E-state index in [0.717, 1.165) is 6.07 Å². The highest BCUT2D eigenvalue weighted by atomic mass is 19.1. The molecule has 0 bridgehead atoms. The van der Waals surface area contributed by atoms with Crippen LogP contribution in [0.5, 0.6) is 0 Å². The van der Waals surface area contributed by atoms with Crippen molar-refractivity contribution in [2.45, 2.75) is 32.9 Å². The predicted octanol–water partition coefficient (Wildman–Crippen LogP) is 1.17. The highest BCUT2D eigenvalue weighted by Crippen LogP contribution is 2.09. The smallest absolute Gasteiger partial charge is 0.325 e. The van der Waals surface area contributed by atoms with Crippen LogP contribution in [0.25, 0.3) is 0 Å². The van der Waals surface area contributed by atoms with E-state index < -0.39 is 35.7 Å². The number of amides is 2. The van der Waals surface area contributed by atoms with Gasteiger partial charge in [-0.1, -0.05) is 26.0 Å². The summed E-state index contributed by atoms with van der Waals surface area (Å²) in [5.41, 5.74) is -0.174. The number of carbonyl (C=O) groups is 3. The fourth-order valence-electron chi connectivity index (χ4n) is 1.76. The zero-order valence-corrected chi connectivity index (χ0v) is 12.6. The van der Waals surface area contributed by atoms with Gasteiger partial charge in [-0.2, -0.15) is 0 Å². The van der Waals surface area contributed by atoms with E-state index in [9.17, 15) is 18.8 Å². The van der Waals surface area contributed by atoms with E-state index in [-0.39, 0.29) is 11.5 Å². The summed E-state index contributed by atoms with van der Waals surface area (Å²) in [7, 11) is 0. The van der Waals surface area contributed by atoms with Crippen molar-refractivity contribution in [2.24, 2.45) is 5.92 Å². The molecule has 0 fully saturated rings. The molecule has 1 rings (SSSR count). The van der Waals surface area contributed by atoms with E-state index in [4.69, 9.17) is 5.11 Å². The van der Waals surface area contributed by atoms with Crippen LogP contribution < -0.4 is 10.6 Å². The molecule has 2 unspecified atom stereocenters. The third kappa shape index (κ3) is 4.54. The molecule has 0 spiro atoms. The van der Waals surface area contributed by atoms with Crippen LogP contribution in [0.1, 0.15) is 31.1 Å². The summed E-state index contributed by atoms with van der Waals surface area (Å²) >= 11 is 0. The van der Waals surface area contributed by atoms with Crippen LogP contribution in [0.3, 0.4) is 0 Å². The Balaban J connectivity index is 2.84. The van der Waals surface area contributed by atoms with Crippen molar-refractivity contribution >= 4 is 17.8 Å². The Bertz CT molecular complexity index is 574. The molecule has 2 amide bonds. The second-order valence-corrected chi connectivity index (χ2v) is 5.24. The molecule has 120 valence electrons. The van der Waals surface area contributed by atoms with E-state index in [0.29, 0.717) is 0 Å². The molecule has 1 aromatic carbocycles. The van der Waals surface area contributed by atoms with Crippen LogP contribution in [0.15, 0.2) is 24.3 Å². The van der Waals surface area contributed by atoms with Crippen LogP contribution in [0, 0.1) is 11.7 Å². The fourth-order valence-corrected chi connectivity index (χ4v) is 1.76. The normalized spacial score (nSPS) is 13.3. The third-order valence-electron chi connectivity index (χ3n) is 3.08. The summed E-state index contributed by atoms with van der Waals surface area (Å²) in [5, 5.41) is 13.5. The standard InChI is InChI=1S/C15H19FN2O4/c1-8(2)12(14(20)17-9(3)15(21)22)18-13(19)10-6-4-5-7-11(10)16/h4-9,12H,1-3H3,(H,17,20)(H,18,19)(H,21,22). The van der Waals surface area contributed by atoms with Crippen molar-refractivity contribution in [1.29, 1.82) is 0 Å². The second-order valence-electron chi connectivity index (χ2n) is 5.24. The molecule has 3 N–H and O–H groups in total. The number of carboxylic acids is 1. The number of carboxylic acid groups (broad SMARTS) is 1. The maximum Gasteiger partial charge on any atom is 0.325 e. The van der Waals surface area contributed by atoms with Gasteiger partial charge in [0.2, 0.25) is 5.91 Å². The summed E-state index contributed by atoms with van der Waals surface area (Å²) in [6.07, 6.45) is 0.